The van der Waals surface area contributed by atoms with E-state index in [1.807, 2.05) is 42.5 Å². The molecule has 0 amide bonds. The molecule has 0 bridgehead atoms. The summed E-state index contributed by atoms with van der Waals surface area (Å²) in [5.41, 5.74) is 3.43. The van der Waals surface area contributed by atoms with Crippen molar-refractivity contribution in [2.24, 2.45) is 0 Å². The van der Waals surface area contributed by atoms with Gasteiger partial charge in [0.2, 0.25) is 0 Å². The first-order chi connectivity index (χ1) is 8.34. The van der Waals surface area contributed by atoms with Crippen molar-refractivity contribution in [3.8, 4) is 11.8 Å². The van der Waals surface area contributed by atoms with Gasteiger partial charge in [0.1, 0.15) is 0 Å². The second-order valence-electron chi connectivity index (χ2n) is 3.89. The summed E-state index contributed by atoms with van der Waals surface area (Å²) in [7, 11) is 0. The Labute approximate surface area is 102 Å². The lowest BCUT2D eigenvalue weighted by Gasteiger charge is -1.99. The number of nitrogens with one attached hydrogen (secondary N) is 1. The minimum absolute atomic E-state index is 0.665. The second-order valence-corrected chi connectivity index (χ2v) is 3.89. The number of benzene rings is 2. The van der Waals surface area contributed by atoms with Gasteiger partial charge in [-0.3, -0.25) is 0 Å². The largest absolute Gasteiger partial charge is 0.374 e. The highest BCUT2D eigenvalue weighted by Gasteiger charge is 1.86. The first-order valence-electron chi connectivity index (χ1n) is 5.69. The average molecular weight is 221 g/mol. The second kappa shape index (κ2) is 5.77. The summed E-state index contributed by atoms with van der Waals surface area (Å²) in [5, 5.41) is 3.25. The average Bonchev–Trinajstić information content (AvgIpc) is 2.38. The molecule has 1 N–H and O–H groups in total. The van der Waals surface area contributed by atoms with Crippen LogP contribution in [0.25, 0.3) is 0 Å². The lowest BCUT2D eigenvalue weighted by Crippen LogP contribution is -1.97. The fourth-order valence-electron chi connectivity index (χ4n) is 1.49. The maximum atomic E-state index is 3.25. The maximum absolute atomic E-state index is 3.25. The summed E-state index contributed by atoms with van der Waals surface area (Å²) in [6.45, 7) is 2.74. The van der Waals surface area contributed by atoms with E-state index >= 15 is 0 Å². The van der Waals surface area contributed by atoms with Crippen LogP contribution in [0.4, 0.5) is 5.69 Å². The van der Waals surface area contributed by atoms with E-state index in [9.17, 15) is 0 Å². The summed E-state index contributed by atoms with van der Waals surface area (Å²) < 4.78 is 0. The first kappa shape index (κ1) is 11.3. The highest BCUT2D eigenvalue weighted by atomic mass is 14.8. The van der Waals surface area contributed by atoms with Gasteiger partial charge in [0.05, 0.1) is 6.54 Å². The third kappa shape index (κ3) is 3.70. The van der Waals surface area contributed by atoms with Gasteiger partial charge < -0.3 is 5.32 Å². The van der Waals surface area contributed by atoms with E-state index in [0.29, 0.717) is 6.54 Å². The molecular formula is C16H15N. The molecule has 17 heavy (non-hydrogen) atoms. The predicted molar refractivity (Wildman–Crippen MR) is 73.0 cm³/mol. The van der Waals surface area contributed by atoms with Crippen LogP contribution in [-0.2, 0) is 0 Å². The van der Waals surface area contributed by atoms with Crippen LogP contribution in [-0.4, -0.2) is 6.54 Å². The molecule has 84 valence electrons. The Kier molecular flexibility index (Phi) is 3.83. The van der Waals surface area contributed by atoms with Crippen LogP contribution in [0.3, 0.4) is 0 Å². The van der Waals surface area contributed by atoms with Crippen LogP contribution in [0.15, 0.2) is 54.6 Å². The van der Waals surface area contributed by atoms with E-state index in [2.05, 4.69) is 36.2 Å². The lowest BCUT2D eigenvalue weighted by atomic mass is 10.1. The van der Waals surface area contributed by atoms with Crippen molar-refractivity contribution in [1.29, 1.82) is 0 Å². The van der Waals surface area contributed by atoms with Gasteiger partial charge in [-0.05, 0) is 31.2 Å². The Balaban J connectivity index is 1.89. The van der Waals surface area contributed by atoms with Gasteiger partial charge in [-0.1, -0.05) is 47.7 Å². The Morgan fingerprint density at radius 1 is 0.941 bits per heavy atom. The fourth-order valence-corrected chi connectivity index (χ4v) is 1.49. The molecule has 2 aromatic rings. The smallest absolute Gasteiger partial charge is 0.0769 e. The van der Waals surface area contributed by atoms with Gasteiger partial charge in [0, 0.05) is 11.3 Å². The van der Waals surface area contributed by atoms with Crippen molar-refractivity contribution in [3.05, 3.63) is 65.7 Å². The molecule has 2 aromatic carbocycles. The third-order valence-electron chi connectivity index (χ3n) is 2.44. The number of aryl methyl sites for hydroxylation is 1. The Morgan fingerprint density at radius 3 is 2.35 bits per heavy atom. The standard InChI is InChI=1S/C16H15N/c1-14-9-11-15(12-10-14)6-5-13-17-16-7-3-2-4-8-16/h2-4,7-12,17H,13H2,1H3. The predicted octanol–water partition coefficient (Wildman–Crippen LogP) is 3.46. The number of hydrogen-bond acceptors (Lipinski definition) is 1. The number of para-hydroxylation sites is 1. The van der Waals surface area contributed by atoms with Gasteiger partial charge in [-0.2, -0.15) is 0 Å². The first-order valence-corrected chi connectivity index (χ1v) is 5.69. The molecule has 0 saturated heterocycles. The fraction of sp³-hybridized carbons (Fsp3) is 0.125. The molecule has 1 heteroatoms. The van der Waals surface area contributed by atoms with Crippen LogP contribution < -0.4 is 5.32 Å². The molecule has 0 atom stereocenters. The quantitative estimate of drug-likeness (QED) is 0.766. The van der Waals surface area contributed by atoms with Gasteiger partial charge >= 0.3 is 0 Å². The summed E-state index contributed by atoms with van der Waals surface area (Å²) in [6, 6.07) is 18.3. The molecular weight excluding hydrogens is 206 g/mol. The zero-order valence-corrected chi connectivity index (χ0v) is 9.90. The van der Waals surface area contributed by atoms with Crippen molar-refractivity contribution in [2.75, 3.05) is 11.9 Å². The van der Waals surface area contributed by atoms with Crippen molar-refractivity contribution in [3.63, 3.8) is 0 Å². The van der Waals surface area contributed by atoms with E-state index in [-0.39, 0.29) is 0 Å². The number of rotatable bonds is 2. The molecule has 0 radical (unpaired) electrons. The van der Waals surface area contributed by atoms with Crippen LogP contribution in [0.5, 0.6) is 0 Å². The molecule has 0 spiro atoms. The van der Waals surface area contributed by atoms with Gasteiger partial charge in [-0.25, -0.2) is 0 Å². The molecule has 0 aromatic heterocycles. The van der Waals surface area contributed by atoms with Crippen LogP contribution in [0.1, 0.15) is 11.1 Å². The molecule has 0 aliphatic rings. The lowest BCUT2D eigenvalue weighted by molar-refractivity contribution is 1.38. The van der Waals surface area contributed by atoms with Crippen molar-refractivity contribution in [2.45, 2.75) is 6.92 Å². The normalized spacial score (nSPS) is 9.24. The van der Waals surface area contributed by atoms with E-state index < -0.39 is 0 Å². The van der Waals surface area contributed by atoms with E-state index in [1.165, 1.54) is 5.56 Å². The number of anilines is 1. The van der Waals surface area contributed by atoms with Crippen molar-refractivity contribution in [1.82, 2.24) is 0 Å². The summed E-state index contributed by atoms with van der Waals surface area (Å²) in [6.07, 6.45) is 0. The highest BCUT2D eigenvalue weighted by molar-refractivity contribution is 5.44. The summed E-state index contributed by atoms with van der Waals surface area (Å²) in [5.74, 6) is 6.24. The molecule has 0 saturated carbocycles. The minimum atomic E-state index is 0.665. The summed E-state index contributed by atoms with van der Waals surface area (Å²) in [4.78, 5) is 0. The molecule has 0 aliphatic carbocycles. The topological polar surface area (TPSA) is 12.0 Å². The van der Waals surface area contributed by atoms with E-state index in [4.69, 9.17) is 0 Å². The third-order valence-corrected chi connectivity index (χ3v) is 2.44. The van der Waals surface area contributed by atoms with Crippen LogP contribution in [0.2, 0.25) is 0 Å². The number of hydrogen-bond donors (Lipinski definition) is 1. The van der Waals surface area contributed by atoms with E-state index in [1.54, 1.807) is 0 Å². The van der Waals surface area contributed by atoms with Gasteiger partial charge in [-0.15, -0.1) is 0 Å². The van der Waals surface area contributed by atoms with Gasteiger partial charge in [0.15, 0.2) is 0 Å². The van der Waals surface area contributed by atoms with Crippen LogP contribution >= 0.6 is 0 Å². The zero-order valence-electron chi connectivity index (χ0n) is 9.90. The Morgan fingerprint density at radius 2 is 1.65 bits per heavy atom. The monoisotopic (exact) mass is 221 g/mol. The Bertz CT molecular complexity index is 515. The van der Waals surface area contributed by atoms with Crippen molar-refractivity contribution >= 4 is 5.69 Å². The van der Waals surface area contributed by atoms with Crippen molar-refractivity contribution < 1.29 is 0 Å². The Hall–Kier alpha value is -2.20. The highest BCUT2D eigenvalue weighted by Crippen LogP contribution is 2.04. The van der Waals surface area contributed by atoms with Gasteiger partial charge in [0.25, 0.3) is 0 Å². The van der Waals surface area contributed by atoms with Crippen LogP contribution in [0, 0.1) is 18.8 Å². The zero-order chi connectivity index (χ0) is 11.9. The molecule has 1 nitrogen and oxygen atoms in total. The molecule has 0 aliphatic heterocycles. The molecule has 0 fully saturated rings. The molecule has 2 rings (SSSR count). The minimum Gasteiger partial charge on any atom is -0.374 e. The molecule has 0 heterocycles. The SMILES string of the molecule is Cc1ccc(C#CCNc2ccccc2)cc1. The van der Waals surface area contributed by atoms with E-state index in [0.717, 1.165) is 11.3 Å². The maximum Gasteiger partial charge on any atom is 0.0769 e. The molecule has 0 unspecified atom stereocenters. The summed E-state index contributed by atoms with van der Waals surface area (Å²) >= 11 is 0.